The summed E-state index contributed by atoms with van der Waals surface area (Å²) in [5.74, 6) is -0.893. The van der Waals surface area contributed by atoms with Crippen molar-refractivity contribution in [3.8, 4) is 0 Å². The van der Waals surface area contributed by atoms with Crippen LogP contribution in [0.15, 0.2) is 35.5 Å². The van der Waals surface area contributed by atoms with Crippen LogP contribution in [0.25, 0.3) is 0 Å². The largest absolute Gasteiger partial charge is 0.399 e. The van der Waals surface area contributed by atoms with E-state index < -0.39 is 20.7 Å². The number of anilines is 2. The molecule has 0 bridgehead atoms. The number of hydrogen-bond donors (Lipinski definition) is 2. The van der Waals surface area contributed by atoms with Crippen molar-refractivity contribution < 1.29 is 12.8 Å². The molecule has 0 saturated heterocycles. The molecular weight excluding hydrogens is 271 g/mol. The summed E-state index contributed by atoms with van der Waals surface area (Å²) >= 11 is 0. The summed E-state index contributed by atoms with van der Waals surface area (Å²) in [4.78, 5) is -0.453. The molecule has 0 fully saturated rings. The van der Waals surface area contributed by atoms with E-state index in [4.69, 9.17) is 5.73 Å². The van der Waals surface area contributed by atoms with E-state index in [0.717, 1.165) is 12.1 Å². The second kappa shape index (κ2) is 4.88. The fourth-order valence-electron chi connectivity index (χ4n) is 1.53. The van der Waals surface area contributed by atoms with Crippen molar-refractivity contribution in [2.24, 2.45) is 0 Å². The maximum atomic E-state index is 13.6. The first-order valence-corrected chi connectivity index (χ1v) is 7.01. The van der Waals surface area contributed by atoms with E-state index >= 15 is 0 Å². The zero-order chi connectivity index (χ0) is 14.0. The predicted molar refractivity (Wildman–Crippen MR) is 69.5 cm³/mol. The Hall–Kier alpha value is -2.09. The fraction of sp³-hybridized carbons (Fsp3) is 0.182. The molecule has 1 aromatic carbocycles. The summed E-state index contributed by atoms with van der Waals surface area (Å²) in [5, 5.41) is 3.93. The second-order valence-electron chi connectivity index (χ2n) is 3.88. The summed E-state index contributed by atoms with van der Waals surface area (Å²) in [6.45, 7) is 2.48. The lowest BCUT2D eigenvalue weighted by Gasteiger charge is -2.07. The summed E-state index contributed by atoms with van der Waals surface area (Å²) in [6.07, 6.45) is 2.88. The molecule has 0 radical (unpaired) electrons. The Labute approximate surface area is 110 Å². The van der Waals surface area contributed by atoms with Crippen LogP contribution < -0.4 is 10.5 Å². The third-order valence-corrected chi connectivity index (χ3v) is 3.87. The number of nitrogens with two attached hydrogens (primary N) is 1. The van der Waals surface area contributed by atoms with Crippen LogP contribution in [0.1, 0.15) is 6.92 Å². The van der Waals surface area contributed by atoms with E-state index in [-0.39, 0.29) is 11.4 Å². The summed E-state index contributed by atoms with van der Waals surface area (Å²) in [5.41, 5.74) is 5.81. The Morgan fingerprint density at radius 1 is 1.47 bits per heavy atom. The van der Waals surface area contributed by atoms with Gasteiger partial charge in [0.2, 0.25) is 0 Å². The fourth-order valence-corrected chi connectivity index (χ4v) is 2.62. The average Bonchev–Trinajstić information content (AvgIpc) is 2.75. The molecule has 0 aliphatic heterocycles. The van der Waals surface area contributed by atoms with Crippen molar-refractivity contribution in [1.82, 2.24) is 9.78 Å². The van der Waals surface area contributed by atoms with E-state index in [9.17, 15) is 12.8 Å². The maximum Gasteiger partial charge on any atom is 0.264 e. The van der Waals surface area contributed by atoms with Gasteiger partial charge in [-0.15, -0.1) is 0 Å². The molecule has 102 valence electrons. The molecule has 0 aliphatic carbocycles. The van der Waals surface area contributed by atoms with Crippen molar-refractivity contribution in [1.29, 1.82) is 0 Å². The minimum Gasteiger partial charge on any atom is -0.399 e. The van der Waals surface area contributed by atoms with Gasteiger partial charge in [0.15, 0.2) is 0 Å². The highest BCUT2D eigenvalue weighted by Gasteiger charge is 2.19. The Balaban J connectivity index is 2.32. The van der Waals surface area contributed by atoms with Crippen LogP contribution in [-0.4, -0.2) is 18.2 Å². The van der Waals surface area contributed by atoms with Gasteiger partial charge in [-0.2, -0.15) is 5.10 Å². The zero-order valence-electron chi connectivity index (χ0n) is 10.2. The molecular formula is C11H13FN4O2S. The topological polar surface area (TPSA) is 90.0 Å². The van der Waals surface area contributed by atoms with Gasteiger partial charge in [-0.05, 0) is 25.1 Å². The molecule has 0 unspecified atom stereocenters. The van der Waals surface area contributed by atoms with E-state index in [1.165, 1.54) is 18.5 Å². The molecule has 1 heterocycles. The quantitative estimate of drug-likeness (QED) is 0.831. The molecule has 2 aromatic rings. The number of hydrogen-bond acceptors (Lipinski definition) is 4. The molecule has 0 spiro atoms. The van der Waals surface area contributed by atoms with E-state index in [0.29, 0.717) is 6.54 Å². The SMILES string of the molecule is CCn1cc(NS(=O)(=O)c2ccc(N)cc2F)cn1. The van der Waals surface area contributed by atoms with Crippen LogP contribution in [0, 0.1) is 5.82 Å². The molecule has 6 nitrogen and oxygen atoms in total. The van der Waals surface area contributed by atoms with Crippen molar-refractivity contribution in [3.05, 3.63) is 36.4 Å². The Bertz CT molecular complexity index is 696. The highest BCUT2D eigenvalue weighted by Crippen LogP contribution is 2.20. The smallest absolute Gasteiger partial charge is 0.264 e. The van der Waals surface area contributed by atoms with Crippen molar-refractivity contribution in [2.75, 3.05) is 10.5 Å². The van der Waals surface area contributed by atoms with Crippen molar-refractivity contribution in [3.63, 3.8) is 0 Å². The molecule has 0 amide bonds. The number of aromatic nitrogens is 2. The van der Waals surface area contributed by atoms with Crippen LogP contribution in [0.2, 0.25) is 0 Å². The maximum absolute atomic E-state index is 13.6. The lowest BCUT2D eigenvalue weighted by molar-refractivity contribution is 0.571. The first-order chi connectivity index (χ1) is 8.92. The summed E-state index contributed by atoms with van der Waals surface area (Å²) in [7, 11) is -3.99. The third kappa shape index (κ3) is 2.84. The molecule has 8 heteroatoms. The predicted octanol–water partition coefficient (Wildman–Crippen LogP) is 1.43. The average molecular weight is 284 g/mol. The molecule has 2 rings (SSSR count). The first-order valence-electron chi connectivity index (χ1n) is 5.52. The lowest BCUT2D eigenvalue weighted by atomic mass is 10.3. The van der Waals surface area contributed by atoms with Crippen LogP contribution in [-0.2, 0) is 16.6 Å². The van der Waals surface area contributed by atoms with Crippen LogP contribution in [0.5, 0.6) is 0 Å². The summed E-state index contributed by atoms with van der Waals surface area (Å²) < 4.78 is 41.4. The van der Waals surface area contributed by atoms with Gasteiger partial charge in [0.25, 0.3) is 10.0 Å². The van der Waals surface area contributed by atoms with Gasteiger partial charge < -0.3 is 5.73 Å². The zero-order valence-corrected chi connectivity index (χ0v) is 11.0. The molecule has 0 saturated carbocycles. The molecule has 0 atom stereocenters. The number of nitrogens with zero attached hydrogens (tertiary/aromatic N) is 2. The standard InChI is InChI=1S/C11H13FN4O2S/c1-2-16-7-9(6-14-16)15-19(17,18)11-4-3-8(13)5-10(11)12/h3-7,15H,2,13H2,1H3. The number of aryl methyl sites for hydroxylation is 1. The summed E-state index contributed by atoms with van der Waals surface area (Å²) in [6, 6.07) is 3.41. The van der Waals surface area contributed by atoms with Gasteiger partial charge in [0.1, 0.15) is 10.7 Å². The molecule has 19 heavy (non-hydrogen) atoms. The van der Waals surface area contributed by atoms with E-state index in [2.05, 4.69) is 9.82 Å². The van der Waals surface area contributed by atoms with Gasteiger partial charge in [0, 0.05) is 18.4 Å². The number of rotatable bonds is 4. The normalized spacial score (nSPS) is 11.5. The number of sulfonamides is 1. The molecule has 3 N–H and O–H groups in total. The van der Waals surface area contributed by atoms with E-state index in [1.807, 2.05) is 6.92 Å². The number of nitrogens with one attached hydrogen (secondary N) is 1. The number of benzene rings is 1. The Morgan fingerprint density at radius 2 is 2.21 bits per heavy atom. The van der Waals surface area contributed by atoms with Gasteiger partial charge >= 0.3 is 0 Å². The van der Waals surface area contributed by atoms with Gasteiger partial charge in [-0.1, -0.05) is 0 Å². The van der Waals surface area contributed by atoms with Crippen LogP contribution >= 0.6 is 0 Å². The second-order valence-corrected chi connectivity index (χ2v) is 5.53. The molecule has 0 aliphatic rings. The minimum atomic E-state index is -3.99. The van der Waals surface area contributed by atoms with Gasteiger partial charge in [-0.3, -0.25) is 9.40 Å². The highest BCUT2D eigenvalue weighted by atomic mass is 32.2. The Kier molecular flexibility index (Phi) is 3.43. The molecule has 1 aromatic heterocycles. The van der Waals surface area contributed by atoms with Crippen LogP contribution in [0.4, 0.5) is 15.8 Å². The van der Waals surface area contributed by atoms with E-state index in [1.54, 1.807) is 4.68 Å². The lowest BCUT2D eigenvalue weighted by Crippen LogP contribution is -2.14. The highest BCUT2D eigenvalue weighted by molar-refractivity contribution is 7.92. The van der Waals surface area contributed by atoms with Crippen molar-refractivity contribution >= 4 is 21.4 Å². The third-order valence-electron chi connectivity index (χ3n) is 2.45. The van der Waals surface area contributed by atoms with Crippen LogP contribution in [0.3, 0.4) is 0 Å². The van der Waals surface area contributed by atoms with Gasteiger partial charge in [-0.25, -0.2) is 12.8 Å². The number of halogens is 1. The van der Waals surface area contributed by atoms with Crippen molar-refractivity contribution in [2.45, 2.75) is 18.4 Å². The first kappa shape index (κ1) is 13.3. The Morgan fingerprint density at radius 3 is 2.79 bits per heavy atom. The van der Waals surface area contributed by atoms with Gasteiger partial charge in [0.05, 0.1) is 11.9 Å². The number of nitrogen functional groups attached to an aromatic ring is 1. The minimum absolute atomic E-state index is 0.162. The monoisotopic (exact) mass is 284 g/mol.